The maximum atomic E-state index is 14.3. The third-order valence-corrected chi connectivity index (χ3v) is 4.16. The Kier molecular flexibility index (Phi) is 3.42. The summed E-state index contributed by atoms with van der Waals surface area (Å²) >= 11 is 0. The predicted octanol–water partition coefficient (Wildman–Crippen LogP) is 3.78. The molecule has 0 unspecified atom stereocenters. The van der Waals surface area contributed by atoms with Crippen molar-refractivity contribution < 1.29 is 8.78 Å². The van der Waals surface area contributed by atoms with Crippen LogP contribution in [0.25, 0.3) is 27.2 Å². The molecule has 0 aliphatic rings. The molecule has 0 saturated heterocycles. The van der Waals surface area contributed by atoms with Crippen molar-refractivity contribution in [2.45, 2.75) is 0 Å². The minimum Gasteiger partial charge on any atom is -0.268 e. The summed E-state index contributed by atoms with van der Waals surface area (Å²) in [6.45, 7) is 0. The molecule has 0 atom stereocenters. The molecule has 122 valence electrons. The summed E-state index contributed by atoms with van der Waals surface area (Å²) in [5, 5.41) is 1.76. The van der Waals surface area contributed by atoms with Gasteiger partial charge in [-0.3, -0.25) is 9.59 Å². The zero-order valence-electron chi connectivity index (χ0n) is 12.9. The van der Waals surface area contributed by atoms with E-state index in [1.165, 1.54) is 0 Å². The zero-order valence-corrected chi connectivity index (χ0v) is 12.9. The van der Waals surface area contributed by atoms with Gasteiger partial charge in [0.15, 0.2) is 0 Å². The van der Waals surface area contributed by atoms with Crippen LogP contribution in [0.5, 0.6) is 0 Å². The summed E-state index contributed by atoms with van der Waals surface area (Å²) < 4.78 is 28.3. The lowest BCUT2D eigenvalue weighted by Crippen LogP contribution is -2.29. The van der Waals surface area contributed by atoms with Crippen molar-refractivity contribution in [2.24, 2.45) is 0 Å². The van der Waals surface area contributed by atoms with Crippen LogP contribution < -0.4 is 11.1 Å². The molecule has 5 heteroatoms. The van der Waals surface area contributed by atoms with Gasteiger partial charge in [0.25, 0.3) is 11.1 Å². The van der Waals surface area contributed by atoms with Gasteiger partial charge in [0.2, 0.25) is 0 Å². The molecule has 3 aromatic carbocycles. The third-order valence-electron chi connectivity index (χ3n) is 4.16. The smallest absolute Gasteiger partial charge is 0.266 e. The summed E-state index contributed by atoms with van der Waals surface area (Å²) in [5.74, 6) is -1.75. The Labute approximate surface area is 140 Å². The number of hydrogen-bond acceptors (Lipinski definition) is 2. The second-order valence-electron chi connectivity index (χ2n) is 5.63. The van der Waals surface area contributed by atoms with Gasteiger partial charge in [0, 0.05) is 16.8 Å². The van der Waals surface area contributed by atoms with E-state index in [2.05, 4.69) is 0 Å². The van der Waals surface area contributed by atoms with E-state index < -0.39 is 22.8 Å². The number of fused-ring (bicyclic) bond motifs is 3. The van der Waals surface area contributed by atoms with Crippen molar-refractivity contribution in [1.82, 2.24) is 4.57 Å². The number of aromatic nitrogens is 1. The molecule has 0 aliphatic heterocycles. The maximum absolute atomic E-state index is 14.3. The van der Waals surface area contributed by atoms with Crippen LogP contribution in [0.3, 0.4) is 0 Å². The van der Waals surface area contributed by atoms with Gasteiger partial charge in [0.05, 0.1) is 5.69 Å². The van der Waals surface area contributed by atoms with Crippen LogP contribution in [0, 0.1) is 11.6 Å². The molecule has 0 amide bonds. The highest BCUT2D eigenvalue weighted by molar-refractivity contribution is 6.05. The number of rotatable bonds is 1. The van der Waals surface area contributed by atoms with E-state index in [-0.39, 0.29) is 16.5 Å². The minimum absolute atomic E-state index is 0.275. The predicted molar refractivity (Wildman–Crippen MR) is 93.2 cm³/mol. The fourth-order valence-electron chi connectivity index (χ4n) is 3.02. The molecule has 1 heterocycles. The van der Waals surface area contributed by atoms with Crippen molar-refractivity contribution in [1.29, 1.82) is 0 Å². The van der Waals surface area contributed by atoms with Gasteiger partial charge in [-0.2, -0.15) is 0 Å². The average Bonchev–Trinajstić information content (AvgIpc) is 2.71. The summed E-state index contributed by atoms with van der Waals surface area (Å²) in [4.78, 5) is 26.0. The minimum atomic E-state index is -0.974. The average molecular weight is 335 g/mol. The molecule has 1 aromatic heterocycles. The number of hydrogen-bond donors (Lipinski definition) is 0. The van der Waals surface area contributed by atoms with E-state index in [9.17, 15) is 18.4 Å². The topological polar surface area (TPSA) is 39.1 Å². The molecule has 0 bridgehead atoms. The lowest BCUT2D eigenvalue weighted by atomic mass is 10.1. The van der Waals surface area contributed by atoms with Gasteiger partial charge in [-0.1, -0.05) is 36.4 Å². The largest absolute Gasteiger partial charge is 0.268 e. The van der Waals surface area contributed by atoms with E-state index in [0.29, 0.717) is 16.8 Å². The molecular weight excluding hydrogens is 324 g/mol. The summed E-state index contributed by atoms with van der Waals surface area (Å²) in [5.41, 5.74) is -1.58. The Morgan fingerprint density at radius 2 is 1.12 bits per heavy atom. The number of nitrogens with zero attached hydrogens (tertiary/aromatic N) is 1. The van der Waals surface area contributed by atoms with Crippen LogP contribution >= 0.6 is 0 Å². The monoisotopic (exact) mass is 335 g/mol. The SMILES string of the molecule is O=c1c2ccccc2c2ccccc2c(=O)n1-c1ccc(F)cc1F. The van der Waals surface area contributed by atoms with Crippen LogP contribution in [0.2, 0.25) is 0 Å². The molecule has 0 radical (unpaired) electrons. The Hall–Kier alpha value is -3.34. The lowest BCUT2D eigenvalue weighted by Gasteiger charge is -2.04. The van der Waals surface area contributed by atoms with Crippen molar-refractivity contribution in [3.8, 4) is 5.69 Å². The molecule has 4 aromatic rings. The van der Waals surface area contributed by atoms with Gasteiger partial charge in [-0.05, 0) is 35.0 Å². The first kappa shape index (κ1) is 15.2. The lowest BCUT2D eigenvalue weighted by molar-refractivity contribution is 0.576. The Morgan fingerprint density at radius 1 is 0.640 bits per heavy atom. The highest BCUT2D eigenvalue weighted by atomic mass is 19.1. The first-order valence-electron chi connectivity index (χ1n) is 7.60. The molecule has 0 aliphatic carbocycles. The quantitative estimate of drug-likeness (QED) is 0.531. The Morgan fingerprint density at radius 3 is 1.60 bits per heavy atom. The van der Waals surface area contributed by atoms with Gasteiger partial charge in [0.1, 0.15) is 11.6 Å². The highest BCUT2D eigenvalue weighted by Crippen LogP contribution is 2.20. The van der Waals surface area contributed by atoms with Gasteiger partial charge in [-0.15, -0.1) is 0 Å². The fourth-order valence-corrected chi connectivity index (χ4v) is 3.02. The molecule has 0 N–H and O–H groups in total. The summed E-state index contributed by atoms with van der Waals surface area (Å²) in [6.07, 6.45) is 0. The molecule has 25 heavy (non-hydrogen) atoms. The van der Waals surface area contributed by atoms with Crippen molar-refractivity contribution in [3.63, 3.8) is 0 Å². The van der Waals surface area contributed by atoms with Crippen LogP contribution in [0.4, 0.5) is 8.78 Å². The van der Waals surface area contributed by atoms with Gasteiger partial charge >= 0.3 is 0 Å². The molecule has 0 saturated carbocycles. The summed E-state index contributed by atoms with van der Waals surface area (Å²) in [7, 11) is 0. The molecule has 0 spiro atoms. The fraction of sp³-hybridized carbons (Fsp3) is 0. The number of benzene rings is 3. The normalized spacial score (nSPS) is 11.1. The van der Waals surface area contributed by atoms with E-state index >= 15 is 0 Å². The molecule has 0 fully saturated rings. The van der Waals surface area contributed by atoms with Crippen LogP contribution in [-0.2, 0) is 0 Å². The molecule has 3 nitrogen and oxygen atoms in total. The summed E-state index contributed by atoms with van der Waals surface area (Å²) in [6, 6.07) is 16.3. The van der Waals surface area contributed by atoms with Gasteiger partial charge in [-0.25, -0.2) is 13.3 Å². The van der Waals surface area contributed by atoms with Crippen molar-refractivity contribution >= 4 is 21.5 Å². The Balaban J connectivity index is 2.33. The highest BCUT2D eigenvalue weighted by Gasteiger charge is 2.15. The van der Waals surface area contributed by atoms with E-state index in [4.69, 9.17) is 0 Å². The van der Waals surface area contributed by atoms with Crippen molar-refractivity contribution in [2.75, 3.05) is 0 Å². The van der Waals surface area contributed by atoms with E-state index in [0.717, 1.165) is 16.7 Å². The first-order valence-corrected chi connectivity index (χ1v) is 7.60. The van der Waals surface area contributed by atoms with Crippen molar-refractivity contribution in [3.05, 3.63) is 99.1 Å². The second kappa shape index (κ2) is 5.63. The standard InChI is InChI=1S/C20H11F2NO2/c21-12-9-10-18(17(22)11-12)23-19(24)15-7-3-1-5-13(15)14-6-2-4-8-16(14)20(23)25/h1-11H. The first-order chi connectivity index (χ1) is 12.1. The third kappa shape index (κ3) is 2.32. The Bertz CT molecular complexity index is 1190. The van der Waals surface area contributed by atoms with Crippen LogP contribution in [-0.4, -0.2) is 4.57 Å². The molecular formula is C20H11F2NO2. The van der Waals surface area contributed by atoms with Crippen LogP contribution in [0.15, 0.2) is 76.3 Å². The second-order valence-corrected chi connectivity index (χ2v) is 5.63. The van der Waals surface area contributed by atoms with E-state index in [1.54, 1.807) is 48.5 Å². The molecule has 4 rings (SSSR count). The zero-order chi connectivity index (χ0) is 17.6. The maximum Gasteiger partial charge on any atom is 0.266 e. The van der Waals surface area contributed by atoms with E-state index in [1.807, 2.05) is 0 Å². The van der Waals surface area contributed by atoms with Crippen LogP contribution in [0.1, 0.15) is 0 Å². The van der Waals surface area contributed by atoms with Gasteiger partial charge < -0.3 is 0 Å². The number of halogens is 2.